The van der Waals surface area contributed by atoms with Gasteiger partial charge in [-0.1, -0.05) is 24.6 Å². The second-order valence-electron chi connectivity index (χ2n) is 6.65. The summed E-state index contributed by atoms with van der Waals surface area (Å²) in [5.74, 6) is 0. The number of sulfonamides is 1. The van der Waals surface area contributed by atoms with Crippen molar-refractivity contribution in [1.82, 2.24) is 4.72 Å². The monoisotopic (exact) mass is 323 g/mol. The summed E-state index contributed by atoms with van der Waals surface area (Å²) in [5.41, 5.74) is 0. The van der Waals surface area contributed by atoms with Gasteiger partial charge in [-0.3, -0.25) is 0 Å². The fourth-order valence-electron chi connectivity index (χ4n) is 4.00. The van der Waals surface area contributed by atoms with Crippen LogP contribution in [0.4, 0.5) is 0 Å². The lowest BCUT2D eigenvalue weighted by molar-refractivity contribution is -0.932. The molecular weight excluding hydrogens is 296 g/mol. The van der Waals surface area contributed by atoms with Gasteiger partial charge >= 0.3 is 0 Å². The Morgan fingerprint density at radius 2 is 1.59 bits per heavy atom. The Balaban J connectivity index is 1.73. The molecule has 2 fully saturated rings. The first kappa shape index (κ1) is 16.0. The highest BCUT2D eigenvalue weighted by Crippen LogP contribution is 2.20. The zero-order chi connectivity index (χ0) is 15.4. The van der Waals surface area contributed by atoms with Gasteiger partial charge in [0.25, 0.3) is 0 Å². The average molecular weight is 323 g/mol. The number of hydrogen-bond donors (Lipinski definition) is 2. The second-order valence-corrected chi connectivity index (χ2v) is 8.36. The van der Waals surface area contributed by atoms with Gasteiger partial charge in [0.15, 0.2) is 0 Å². The van der Waals surface area contributed by atoms with Crippen molar-refractivity contribution in [1.29, 1.82) is 0 Å². The van der Waals surface area contributed by atoms with Gasteiger partial charge in [0.05, 0.1) is 24.0 Å². The Bertz CT molecular complexity index is 568. The molecule has 1 aliphatic heterocycles. The molecule has 3 rings (SSSR count). The molecule has 1 aromatic carbocycles. The van der Waals surface area contributed by atoms with Crippen molar-refractivity contribution in [2.24, 2.45) is 0 Å². The summed E-state index contributed by atoms with van der Waals surface area (Å²) >= 11 is 0. The van der Waals surface area contributed by atoms with Crippen molar-refractivity contribution in [3.63, 3.8) is 0 Å². The van der Waals surface area contributed by atoms with E-state index < -0.39 is 10.0 Å². The van der Waals surface area contributed by atoms with Crippen molar-refractivity contribution in [3.8, 4) is 0 Å². The van der Waals surface area contributed by atoms with Crippen molar-refractivity contribution in [2.45, 2.75) is 61.9 Å². The fourth-order valence-corrected chi connectivity index (χ4v) is 5.34. The van der Waals surface area contributed by atoms with Crippen LogP contribution in [0.1, 0.15) is 44.9 Å². The quantitative estimate of drug-likeness (QED) is 0.879. The van der Waals surface area contributed by atoms with Crippen LogP contribution in [0.3, 0.4) is 0 Å². The number of nitrogens with one attached hydrogen (secondary N) is 2. The Hall–Kier alpha value is -0.910. The highest BCUT2D eigenvalue weighted by Gasteiger charge is 2.36. The van der Waals surface area contributed by atoms with Gasteiger partial charge in [0.1, 0.15) is 6.04 Å². The number of hydrogen-bond acceptors (Lipinski definition) is 2. The van der Waals surface area contributed by atoms with Crippen LogP contribution in [-0.2, 0) is 10.0 Å². The van der Waals surface area contributed by atoms with Crippen LogP contribution >= 0.6 is 0 Å². The Morgan fingerprint density at radius 3 is 2.32 bits per heavy atom. The number of likely N-dealkylation sites (tertiary alicyclic amines) is 1. The molecule has 0 amide bonds. The largest absolute Gasteiger partial charge is 0.331 e. The van der Waals surface area contributed by atoms with Gasteiger partial charge in [0, 0.05) is 6.42 Å². The average Bonchev–Trinajstić information content (AvgIpc) is 2.57. The van der Waals surface area contributed by atoms with E-state index in [0.717, 1.165) is 19.3 Å². The predicted molar refractivity (Wildman–Crippen MR) is 87.4 cm³/mol. The predicted octanol–water partition coefficient (Wildman–Crippen LogP) is 1.34. The summed E-state index contributed by atoms with van der Waals surface area (Å²) in [4.78, 5) is 2.00. The lowest BCUT2D eigenvalue weighted by atomic mass is 9.89. The molecule has 1 aliphatic carbocycles. The van der Waals surface area contributed by atoms with Crippen molar-refractivity contribution < 1.29 is 13.3 Å². The molecule has 122 valence electrons. The highest BCUT2D eigenvalue weighted by molar-refractivity contribution is 7.89. The van der Waals surface area contributed by atoms with Crippen LogP contribution < -0.4 is 9.62 Å². The lowest BCUT2D eigenvalue weighted by Crippen LogP contribution is -3.18. The topological polar surface area (TPSA) is 50.6 Å². The molecular formula is C17H27N2O2S+. The van der Waals surface area contributed by atoms with Gasteiger partial charge < -0.3 is 4.90 Å². The van der Waals surface area contributed by atoms with E-state index in [2.05, 4.69) is 4.72 Å². The van der Waals surface area contributed by atoms with Gasteiger partial charge in [-0.15, -0.1) is 0 Å². The van der Waals surface area contributed by atoms with Gasteiger partial charge in [-0.05, 0) is 44.2 Å². The van der Waals surface area contributed by atoms with E-state index in [0.29, 0.717) is 10.9 Å². The first-order valence-electron chi connectivity index (χ1n) is 8.59. The summed E-state index contributed by atoms with van der Waals surface area (Å²) < 4.78 is 28.2. The normalized spacial score (nSPS) is 27.6. The standard InChI is InChI=1S/C17H26N2O2S/c20-22(21,15-9-3-1-4-10-15)18-16-11-5-6-12-17(16)19-13-7-2-8-14-19/h1,3-4,9-10,16-18H,2,5-8,11-14H2/p+1/t16-,17+/m1/s1. The molecule has 0 bridgehead atoms. The van der Waals surface area contributed by atoms with Crippen molar-refractivity contribution in [2.75, 3.05) is 13.1 Å². The Labute approximate surface area is 134 Å². The van der Waals surface area contributed by atoms with Gasteiger partial charge in [0.2, 0.25) is 10.0 Å². The van der Waals surface area contributed by atoms with E-state index in [1.165, 1.54) is 38.8 Å². The van der Waals surface area contributed by atoms with Crippen molar-refractivity contribution in [3.05, 3.63) is 30.3 Å². The summed E-state index contributed by atoms with van der Waals surface area (Å²) in [6.45, 7) is 2.41. The molecule has 1 aromatic rings. The molecule has 0 radical (unpaired) electrons. The maximum absolute atomic E-state index is 12.6. The van der Waals surface area contributed by atoms with Gasteiger partial charge in [-0.25, -0.2) is 13.1 Å². The van der Waals surface area contributed by atoms with E-state index >= 15 is 0 Å². The maximum Gasteiger partial charge on any atom is 0.241 e. The third kappa shape index (κ3) is 3.70. The minimum Gasteiger partial charge on any atom is -0.331 e. The number of piperidine rings is 1. The Kier molecular flexibility index (Phi) is 5.16. The van der Waals surface area contributed by atoms with Crippen LogP contribution in [0.2, 0.25) is 0 Å². The van der Waals surface area contributed by atoms with Crippen LogP contribution in [0.25, 0.3) is 0 Å². The van der Waals surface area contributed by atoms with E-state index in [1.54, 1.807) is 29.2 Å². The third-order valence-electron chi connectivity index (χ3n) is 5.15. The van der Waals surface area contributed by atoms with Crippen LogP contribution in [0, 0.1) is 0 Å². The molecule has 1 heterocycles. The van der Waals surface area contributed by atoms with E-state index in [1.807, 2.05) is 6.07 Å². The molecule has 0 spiro atoms. The minimum atomic E-state index is -3.39. The SMILES string of the molecule is O=S(=O)(N[C@@H]1CCCC[C@@H]1[NH+]1CCCCC1)c1ccccc1. The molecule has 1 saturated heterocycles. The molecule has 2 N–H and O–H groups in total. The first-order chi connectivity index (χ1) is 10.7. The third-order valence-corrected chi connectivity index (χ3v) is 6.65. The van der Waals surface area contributed by atoms with E-state index in [4.69, 9.17) is 0 Å². The Morgan fingerprint density at radius 1 is 0.909 bits per heavy atom. The molecule has 22 heavy (non-hydrogen) atoms. The lowest BCUT2D eigenvalue weighted by Gasteiger charge is -2.39. The summed E-state index contributed by atoms with van der Waals surface area (Å²) in [6.07, 6.45) is 8.38. The maximum atomic E-state index is 12.6. The van der Waals surface area contributed by atoms with Crippen molar-refractivity contribution >= 4 is 10.0 Å². The fraction of sp³-hybridized carbons (Fsp3) is 0.647. The molecule has 4 nitrogen and oxygen atoms in total. The summed E-state index contributed by atoms with van der Waals surface area (Å²) in [5, 5.41) is 0. The number of quaternary nitrogens is 1. The number of benzene rings is 1. The zero-order valence-electron chi connectivity index (χ0n) is 13.1. The first-order valence-corrected chi connectivity index (χ1v) is 10.1. The smallest absolute Gasteiger partial charge is 0.241 e. The zero-order valence-corrected chi connectivity index (χ0v) is 13.9. The molecule has 5 heteroatoms. The summed E-state index contributed by atoms with van der Waals surface area (Å²) in [6, 6.07) is 9.30. The van der Waals surface area contributed by atoms with Crippen LogP contribution in [0.5, 0.6) is 0 Å². The second kappa shape index (κ2) is 7.11. The van der Waals surface area contributed by atoms with Gasteiger partial charge in [-0.2, -0.15) is 0 Å². The molecule has 2 aliphatic rings. The van der Waals surface area contributed by atoms with Crippen LogP contribution in [0.15, 0.2) is 35.2 Å². The van der Waals surface area contributed by atoms with Crippen LogP contribution in [-0.4, -0.2) is 33.6 Å². The molecule has 0 aromatic heterocycles. The van der Waals surface area contributed by atoms with E-state index in [9.17, 15) is 8.42 Å². The molecule has 0 unspecified atom stereocenters. The summed E-state index contributed by atoms with van der Waals surface area (Å²) in [7, 11) is -3.39. The highest BCUT2D eigenvalue weighted by atomic mass is 32.2. The minimum absolute atomic E-state index is 0.0899. The number of rotatable bonds is 4. The molecule has 2 atom stereocenters. The molecule has 1 saturated carbocycles. The van der Waals surface area contributed by atoms with E-state index in [-0.39, 0.29) is 6.04 Å².